The van der Waals surface area contributed by atoms with Crippen molar-refractivity contribution in [2.24, 2.45) is 0 Å². The molecule has 1 heterocycles. The molecule has 1 aliphatic heterocycles. The molecule has 7 nitrogen and oxygen atoms in total. The van der Waals surface area contributed by atoms with Crippen LogP contribution in [-0.4, -0.2) is 79.0 Å². The van der Waals surface area contributed by atoms with Gasteiger partial charge in [-0.15, -0.1) is 0 Å². The van der Waals surface area contributed by atoms with Gasteiger partial charge in [0.1, 0.15) is 6.54 Å². The predicted molar refractivity (Wildman–Crippen MR) is 73.1 cm³/mol. The molecule has 4 amide bonds. The molecule has 7 heteroatoms. The molecule has 0 spiro atoms. The highest BCUT2D eigenvalue weighted by molar-refractivity contribution is 6.02. The van der Waals surface area contributed by atoms with Gasteiger partial charge in [0, 0.05) is 39.7 Å². The van der Waals surface area contributed by atoms with Crippen LogP contribution in [0.25, 0.3) is 0 Å². The third-order valence-electron chi connectivity index (χ3n) is 3.36. The van der Waals surface area contributed by atoms with E-state index in [9.17, 15) is 14.4 Å². The lowest BCUT2D eigenvalue weighted by Crippen LogP contribution is -2.38. The van der Waals surface area contributed by atoms with E-state index in [0.29, 0.717) is 26.2 Å². The molecule has 1 aliphatic rings. The second kappa shape index (κ2) is 7.84. The molecule has 1 fully saturated rings. The van der Waals surface area contributed by atoms with Crippen LogP contribution in [0, 0.1) is 0 Å². The van der Waals surface area contributed by atoms with Gasteiger partial charge in [-0.05, 0) is 13.8 Å². The van der Waals surface area contributed by atoms with Crippen molar-refractivity contribution in [3.63, 3.8) is 0 Å². The highest BCUT2D eigenvalue weighted by atomic mass is 16.5. The molecule has 1 rings (SSSR count). The van der Waals surface area contributed by atoms with Gasteiger partial charge in [-0.25, -0.2) is 4.79 Å². The van der Waals surface area contributed by atoms with E-state index < -0.39 is 0 Å². The number of ether oxygens (including phenoxy) is 1. The first-order valence-corrected chi connectivity index (χ1v) is 6.91. The smallest absolute Gasteiger partial charge is 0.327 e. The number of rotatable bonds is 8. The van der Waals surface area contributed by atoms with Crippen LogP contribution in [0.1, 0.15) is 20.3 Å². The Morgan fingerprint density at radius 1 is 1.25 bits per heavy atom. The number of carbonyl (C=O) groups is 3. The average Bonchev–Trinajstić information content (AvgIpc) is 2.70. The summed E-state index contributed by atoms with van der Waals surface area (Å²) in [7, 11) is 1.54. The second-order valence-electron chi connectivity index (χ2n) is 4.56. The summed E-state index contributed by atoms with van der Waals surface area (Å²) in [6, 6.07) is -0.334. The normalized spacial score (nSPS) is 15.2. The van der Waals surface area contributed by atoms with Crippen LogP contribution >= 0.6 is 0 Å². The number of amides is 4. The van der Waals surface area contributed by atoms with Crippen LogP contribution in [0.3, 0.4) is 0 Å². The Hall–Kier alpha value is -1.63. The van der Waals surface area contributed by atoms with Crippen LogP contribution < -0.4 is 0 Å². The van der Waals surface area contributed by atoms with E-state index >= 15 is 0 Å². The Bertz CT molecular complexity index is 369. The number of imide groups is 1. The highest BCUT2D eigenvalue weighted by Crippen LogP contribution is 2.11. The minimum atomic E-state index is -0.334. The van der Waals surface area contributed by atoms with Crippen LogP contribution in [0.5, 0.6) is 0 Å². The minimum absolute atomic E-state index is 0.0362. The summed E-state index contributed by atoms with van der Waals surface area (Å²) in [5, 5.41) is 0. The van der Waals surface area contributed by atoms with Crippen LogP contribution in [-0.2, 0) is 14.3 Å². The summed E-state index contributed by atoms with van der Waals surface area (Å²) in [6.07, 6.45) is 0.178. The van der Waals surface area contributed by atoms with Crippen molar-refractivity contribution in [1.29, 1.82) is 0 Å². The van der Waals surface area contributed by atoms with Gasteiger partial charge < -0.3 is 14.5 Å². The second-order valence-corrected chi connectivity index (χ2v) is 4.56. The van der Waals surface area contributed by atoms with E-state index in [1.807, 2.05) is 13.8 Å². The van der Waals surface area contributed by atoms with Gasteiger partial charge in [0.2, 0.25) is 11.8 Å². The molecule has 20 heavy (non-hydrogen) atoms. The Labute approximate surface area is 119 Å². The van der Waals surface area contributed by atoms with Gasteiger partial charge in [-0.1, -0.05) is 0 Å². The fourth-order valence-electron chi connectivity index (χ4n) is 2.13. The Kier molecular flexibility index (Phi) is 6.44. The number of hydrogen-bond donors (Lipinski definition) is 0. The van der Waals surface area contributed by atoms with Crippen molar-refractivity contribution in [2.45, 2.75) is 20.3 Å². The highest BCUT2D eigenvalue weighted by Gasteiger charge is 2.35. The molecule has 0 atom stereocenters. The number of carbonyl (C=O) groups excluding carboxylic acids is 3. The van der Waals surface area contributed by atoms with Crippen molar-refractivity contribution in [1.82, 2.24) is 14.7 Å². The number of methoxy groups -OCH3 is 1. The maximum atomic E-state index is 12.0. The van der Waals surface area contributed by atoms with E-state index in [0.717, 1.165) is 4.90 Å². The molecule has 0 unspecified atom stereocenters. The van der Waals surface area contributed by atoms with Crippen LogP contribution in [0.4, 0.5) is 4.79 Å². The SMILES string of the molecule is CCN(CC)C(=O)CCN1C(=O)CN(CCOC)C1=O. The molecule has 0 aromatic heterocycles. The zero-order valence-electron chi connectivity index (χ0n) is 12.4. The van der Waals surface area contributed by atoms with Crippen molar-refractivity contribution in [2.75, 3.05) is 46.4 Å². The van der Waals surface area contributed by atoms with Crippen LogP contribution in [0.2, 0.25) is 0 Å². The van der Waals surface area contributed by atoms with E-state index in [1.165, 1.54) is 4.90 Å². The zero-order valence-corrected chi connectivity index (χ0v) is 12.4. The average molecular weight is 285 g/mol. The molecule has 1 saturated heterocycles. The van der Waals surface area contributed by atoms with E-state index in [-0.39, 0.29) is 37.4 Å². The summed E-state index contributed by atoms with van der Waals surface area (Å²) in [6.45, 7) is 6.08. The molecule has 0 saturated carbocycles. The predicted octanol–water partition coefficient (Wildman–Crippen LogP) is 0.156. The van der Waals surface area contributed by atoms with Gasteiger partial charge >= 0.3 is 6.03 Å². The van der Waals surface area contributed by atoms with Gasteiger partial charge in [0.05, 0.1) is 6.61 Å². The molecule has 0 aromatic rings. The summed E-state index contributed by atoms with van der Waals surface area (Å²) in [5.74, 6) is -0.288. The third-order valence-corrected chi connectivity index (χ3v) is 3.36. The monoisotopic (exact) mass is 285 g/mol. The molecule has 0 N–H and O–H groups in total. The quantitative estimate of drug-likeness (QED) is 0.595. The molecule has 0 radical (unpaired) electrons. The van der Waals surface area contributed by atoms with Crippen molar-refractivity contribution in [3.8, 4) is 0 Å². The molecule has 0 bridgehead atoms. The van der Waals surface area contributed by atoms with Gasteiger partial charge in [-0.2, -0.15) is 0 Å². The summed E-state index contributed by atoms with van der Waals surface area (Å²) < 4.78 is 4.90. The Morgan fingerprint density at radius 2 is 1.90 bits per heavy atom. The number of urea groups is 1. The van der Waals surface area contributed by atoms with E-state index in [2.05, 4.69) is 0 Å². The van der Waals surface area contributed by atoms with E-state index in [1.54, 1.807) is 12.0 Å². The first-order valence-electron chi connectivity index (χ1n) is 6.91. The van der Waals surface area contributed by atoms with Crippen LogP contribution in [0.15, 0.2) is 0 Å². The summed E-state index contributed by atoms with van der Waals surface area (Å²) in [4.78, 5) is 39.9. The topological polar surface area (TPSA) is 70.2 Å². The molecular weight excluding hydrogens is 262 g/mol. The van der Waals surface area contributed by atoms with Gasteiger partial charge in [0.25, 0.3) is 0 Å². The lowest BCUT2D eigenvalue weighted by atomic mass is 10.3. The third kappa shape index (κ3) is 3.93. The van der Waals surface area contributed by atoms with Crippen molar-refractivity contribution >= 4 is 17.8 Å². The Morgan fingerprint density at radius 3 is 2.45 bits per heavy atom. The van der Waals surface area contributed by atoms with E-state index in [4.69, 9.17) is 4.74 Å². The van der Waals surface area contributed by atoms with Crippen molar-refractivity contribution < 1.29 is 19.1 Å². The Balaban J connectivity index is 2.49. The summed E-state index contributed by atoms with van der Waals surface area (Å²) >= 11 is 0. The summed E-state index contributed by atoms with van der Waals surface area (Å²) in [5.41, 5.74) is 0. The lowest BCUT2D eigenvalue weighted by Gasteiger charge is -2.20. The standard InChI is InChI=1S/C13H23N3O4/c1-4-14(5-2)11(17)6-7-16-12(18)10-15(13(16)19)8-9-20-3/h4-10H2,1-3H3. The number of hydrogen-bond acceptors (Lipinski definition) is 4. The number of nitrogens with zero attached hydrogens (tertiary/aromatic N) is 3. The lowest BCUT2D eigenvalue weighted by molar-refractivity contribution is -0.131. The molecule has 114 valence electrons. The van der Waals surface area contributed by atoms with Crippen molar-refractivity contribution in [3.05, 3.63) is 0 Å². The van der Waals surface area contributed by atoms with Gasteiger partial charge in [0.15, 0.2) is 0 Å². The first kappa shape index (κ1) is 16.4. The molecular formula is C13H23N3O4. The maximum absolute atomic E-state index is 12.0. The fraction of sp³-hybridized carbons (Fsp3) is 0.769. The largest absolute Gasteiger partial charge is 0.383 e. The zero-order chi connectivity index (χ0) is 15.1. The molecule has 0 aromatic carbocycles. The fourth-order valence-corrected chi connectivity index (χ4v) is 2.13. The van der Waals surface area contributed by atoms with Gasteiger partial charge in [-0.3, -0.25) is 14.5 Å². The minimum Gasteiger partial charge on any atom is -0.383 e. The maximum Gasteiger partial charge on any atom is 0.327 e. The first-order chi connectivity index (χ1) is 9.54. The molecule has 0 aliphatic carbocycles.